The van der Waals surface area contributed by atoms with Crippen molar-refractivity contribution in [2.75, 3.05) is 26.1 Å². The second-order valence-corrected chi connectivity index (χ2v) is 9.94. The molecule has 1 aliphatic rings. The van der Waals surface area contributed by atoms with Gasteiger partial charge in [0, 0.05) is 19.4 Å². The molecule has 1 saturated heterocycles. The summed E-state index contributed by atoms with van der Waals surface area (Å²) in [5.74, 6) is 0.885. The number of benzene rings is 1. The first-order valence-electron chi connectivity index (χ1n) is 10.5. The van der Waals surface area contributed by atoms with Gasteiger partial charge < -0.3 is 14.8 Å². The summed E-state index contributed by atoms with van der Waals surface area (Å²) in [5.41, 5.74) is 0.808. The summed E-state index contributed by atoms with van der Waals surface area (Å²) in [6.07, 6.45) is 5.53. The predicted molar refractivity (Wildman–Crippen MR) is 136 cm³/mol. The Hall–Kier alpha value is -2.50. The maximum Gasteiger partial charge on any atom is 0.266 e. The molecule has 0 spiro atoms. The zero-order valence-electron chi connectivity index (χ0n) is 18.8. The third-order valence-corrected chi connectivity index (χ3v) is 7.10. The lowest BCUT2D eigenvalue weighted by Gasteiger charge is -2.13. The Labute approximate surface area is 206 Å². The van der Waals surface area contributed by atoms with Crippen molar-refractivity contribution in [3.8, 4) is 11.5 Å². The summed E-state index contributed by atoms with van der Waals surface area (Å²) in [7, 11) is 3.13. The number of unbranched alkanes of at least 4 members (excludes halogenated alkanes) is 1. The second-order valence-electron chi connectivity index (χ2n) is 7.20. The van der Waals surface area contributed by atoms with Gasteiger partial charge in [0.1, 0.15) is 9.33 Å². The number of nitrogens with one attached hydrogen (secondary N) is 1. The molecule has 33 heavy (non-hydrogen) atoms. The van der Waals surface area contributed by atoms with Crippen LogP contribution in [0.2, 0.25) is 0 Å². The molecule has 2 aromatic rings. The topological polar surface area (TPSA) is 93.7 Å². The van der Waals surface area contributed by atoms with Crippen molar-refractivity contribution in [2.24, 2.45) is 0 Å². The average molecular weight is 507 g/mol. The Morgan fingerprint density at radius 3 is 2.73 bits per heavy atom. The summed E-state index contributed by atoms with van der Waals surface area (Å²) in [5, 5.41) is 12.3. The van der Waals surface area contributed by atoms with Gasteiger partial charge in [-0.15, -0.1) is 10.2 Å². The molecule has 0 bridgehead atoms. The monoisotopic (exact) mass is 506 g/mol. The Kier molecular flexibility index (Phi) is 9.21. The molecule has 2 heterocycles. The average Bonchev–Trinajstić information content (AvgIpc) is 3.36. The van der Waals surface area contributed by atoms with E-state index in [1.54, 1.807) is 32.4 Å². The van der Waals surface area contributed by atoms with Crippen molar-refractivity contribution in [1.82, 2.24) is 15.1 Å². The van der Waals surface area contributed by atoms with Crippen LogP contribution in [-0.4, -0.2) is 52.0 Å². The van der Waals surface area contributed by atoms with Gasteiger partial charge in [0.05, 0.1) is 19.1 Å². The summed E-state index contributed by atoms with van der Waals surface area (Å²) in [6.45, 7) is 2.49. The molecule has 11 heteroatoms. The molecular weight excluding hydrogens is 480 g/mol. The van der Waals surface area contributed by atoms with E-state index in [4.69, 9.17) is 21.7 Å². The number of thiocarbonyl (C=S) groups is 1. The van der Waals surface area contributed by atoms with Gasteiger partial charge in [-0.2, -0.15) is 0 Å². The quantitative estimate of drug-likeness (QED) is 0.351. The van der Waals surface area contributed by atoms with Crippen LogP contribution in [0.5, 0.6) is 11.5 Å². The van der Waals surface area contributed by atoms with Crippen LogP contribution < -0.4 is 14.8 Å². The molecule has 176 valence electrons. The number of hydrogen-bond donors (Lipinski definition) is 1. The Morgan fingerprint density at radius 1 is 1.21 bits per heavy atom. The largest absolute Gasteiger partial charge is 0.493 e. The van der Waals surface area contributed by atoms with E-state index in [9.17, 15) is 9.59 Å². The number of anilines is 1. The third kappa shape index (κ3) is 6.75. The van der Waals surface area contributed by atoms with Gasteiger partial charge in [0.25, 0.3) is 5.91 Å². The number of aryl methyl sites for hydroxylation is 1. The van der Waals surface area contributed by atoms with Gasteiger partial charge in [-0.1, -0.05) is 54.7 Å². The molecule has 1 aromatic carbocycles. The fraction of sp³-hybridized carbons (Fsp3) is 0.409. The van der Waals surface area contributed by atoms with Gasteiger partial charge in [0.2, 0.25) is 11.0 Å². The van der Waals surface area contributed by atoms with Crippen molar-refractivity contribution in [3.05, 3.63) is 33.7 Å². The number of aromatic nitrogens is 2. The molecule has 1 aliphatic heterocycles. The second kappa shape index (κ2) is 12.1. The maximum atomic E-state index is 12.8. The molecule has 0 unspecified atom stereocenters. The van der Waals surface area contributed by atoms with Crippen LogP contribution in [0.3, 0.4) is 0 Å². The number of hydrogen-bond acceptors (Lipinski definition) is 9. The fourth-order valence-corrected chi connectivity index (χ4v) is 5.21. The SMILES string of the molecule is CCCCc1nnc(NC(=O)CCCN2C(=O)C(=Cc3ccc(OC)c(OC)c3)SC2=S)s1. The Morgan fingerprint density at radius 2 is 2.00 bits per heavy atom. The number of ether oxygens (including phenoxy) is 2. The molecule has 3 rings (SSSR count). The number of carbonyl (C=O) groups excluding carboxylic acids is 2. The van der Waals surface area contributed by atoms with E-state index in [0.717, 1.165) is 29.8 Å². The van der Waals surface area contributed by atoms with Crippen LogP contribution in [0.25, 0.3) is 6.08 Å². The highest BCUT2D eigenvalue weighted by Gasteiger charge is 2.31. The Balaban J connectivity index is 1.52. The summed E-state index contributed by atoms with van der Waals surface area (Å²) < 4.78 is 11.1. The lowest BCUT2D eigenvalue weighted by atomic mass is 10.2. The molecule has 0 aliphatic carbocycles. The van der Waals surface area contributed by atoms with E-state index < -0.39 is 0 Å². The van der Waals surface area contributed by atoms with E-state index in [1.165, 1.54) is 28.0 Å². The number of rotatable bonds is 11. The van der Waals surface area contributed by atoms with Crippen LogP contribution in [-0.2, 0) is 16.0 Å². The van der Waals surface area contributed by atoms with Crippen molar-refractivity contribution in [2.45, 2.75) is 39.0 Å². The minimum absolute atomic E-state index is 0.153. The first-order chi connectivity index (χ1) is 15.9. The highest BCUT2D eigenvalue weighted by molar-refractivity contribution is 8.26. The fourth-order valence-electron chi connectivity index (χ4n) is 3.10. The lowest BCUT2D eigenvalue weighted by Crippen LogP contribution is -2.29. The number of nitrogens with zero attached hydrogens (tertiary/aromatic N) is 3. The van der Waals surface area contributed by atoms with Gasteiger partial charge in [-0.25, -0.2) is 0 Å². The smallest absolute Gasteiger partial charge is 0.266 e. The van der Waals surface area contributed by atoms with Crippen LogP contribution in [0, 0.1) is 0 Å². The molecule has 8 nitrogen and oxygen atoms in total. The lowest BCUT2D eigenvalue weighted by molar-refractivity contribution is -0.122. The first-order valence-corrected chi connectivity index (χ1v) is 12.6. The minimum Gasteiger partial charge on any atom is -0.493 e. The molecule has 0 radical (unpaired) electrons. The maximum absolute atomic E-state index is 12.8. The van der Waals surface area contributed by atoms with Gasteiger partial charge in [-0.3, -0.25) is 14.5 Å². The first kappa shape index (κ1) is 25.1. The van der Waals surface area contributed by atoms with Gasteiger partial charge in [0.15, 0.2) is 11.5 Å². The van der Waals surface area contributed by atoms with Crippen molar-refractivity contribution in [3.63, 3.8) is 0 Å². The zero-order valence-corrected chi connectivity index (χ0v) is 21.2. The van der Waals surface area contributed by atoms with E-state index >= 15 is 0 Å². The summed E-state index contributed by atoms with van der Waals surface area (Å²) in [6, 6.07) is 5.44. The molecule has 1 fully saturated rings. The summed E-state index contributed by atoms with van der Waals surface area (Å²) in [4.78, 5) is 27.1. The van der Waals surface area contributed by atoms with Crippen molar-refractivity contribution in [1.29, 1.82) is 0 Å². The normalized spacial score (nSPS) is 14.8. The standard InChI is InChI=1S/C22H26N4O4S3/c1-4-5-8-19-24-25-21(33-19)23-18(27)7-6-11-26-20(28)17(32-22(26)31)13-14-9-10-15(29-2)16(12-14)30-3/h9-10,12-13H,4-8,11H2,1-3H3,(H,23,25,27). The molecule has 0 saturated carbocycles. The van der Waals surface area contributed by atoms with Crippen LogP contribution in [0.1, 0.15) is 43.2 Å². The summed E-state index contributed by atoms with van der Waals surface area (Å²) >= 11 is 8.04. The van der Waals surface area contributed by atoms with E-state index in [-0.39, 0.29) is 18.2 Å². The predicted octanol–water partition coefficient (Wildman–Crippen LogP) is 4.52. The molecular formula is C22H26N4O4S3. The van der Waals surface area contributed by atoms with Crippen LogP contribution in [0.4, 0.5) is 5.13 Å². The minimum atomic E-state index is -0.162. The van der Waals surface area contributed by atoms with Crippen LogP contribution >= 0.6 is 35.3 Å². The van der Waals surface area contributed by atoms with Crippen LogP contribution in [0.15, 0.2) is 23.1 Å². The molecule has 0 atom stereocenters. The number of methoxy groups -OCH3 is 2. The highest BCUT2D eigenvalue weighted by atomic mass is 32.2. The van der Waals surface area contributed by atoms with Crippen molar-refractivity contribution < 1.29 is 19.1 Å². The highest BCUT2D eigenvalue weighted by Crippen LogP contribution is 2.34. The van der Waals surface area contributed by atoms with E-state index in [1.807, 2.05) is 6.07 Å². The van der Waals surface area contributed by atoms with Crippen molar-refractivity contribution >= 4 is 62.7 Å². The zero-order chi connectivity index (χ0) is 23.8. The van der Waals surface area contributed by atoms with Gasteiger partial charge >= 0.3 is 0 Å². The number of carbonyl (C=O) groups is 2. The number of amides is 2. The molecule has 1 N–H and O–H groups in total. The Bertz CT molecular complexity index is 1050. The third-order valence-electron chi connectivity index (χ3n) is 4.82. The molecule has 1 aromatic heterocycles. The van der Waals surface area contributed by atoms with Gasteiger partial charge in [-0.05, 0) is 36.6 Å². The van der Waals surface area contributed by atoms with E-state index in [2.05, 4.69) is 22.4 Å². The number of thioether (sulfide) groups is 1. The molecule has 2 amide bonds. The van der Waals surface area contributed by atoms with E-state index in [0.29, 0.717) is 38.8 Å².